The Bertz CT molecular complexity index is 1490. The van der Waals surface area contributed by atoms with Crippen molar-refractivity contribution in [1.29, 1.82) is 0 Å². The van der Waals surface area contributed by atoms with Crippen LogP contribution < -0.4 is 4.90 Å². The summed E-state index contributed by atoms with van der Waals surface area (Å²) in [6, 6.07) is 25.7. The molecule has 0 radical (unpaired) electrons. The maximum absolute atomic E-state index is 14.7. The van der Waals surface area contributed by atoms with Crippen molar-refractivity contribution >= 4 is 34.4 Å². The molecule has 3 aliphatic rings. The molecule has 0 N–H and O–H groups in total. The van der Waals surface area contributed by atoms with Gasteiger partial charge in [-0.15, -0.1) is 0 Å². The van der Waals surface area contributed by atoms with E-state index in [1.807, 2.05) is 99.6 Å². The number of ketones is 1. The lowest BCUT2D eigenvalue weighted by Gasteiger charge is -2.37. The summed E-state index contributed by atoms with van der Waals surface area (Å²) >= 11 is 0. The number of amides is 2. The summed E-state index contributed by atoms with van der Waals surface area (Å²) in [4.78, 5) is 44.7. The number of anilines is 1. The van der Waals surface area contributed by atoms with Crippen molar-refractivity contribution in [1.82, 2.24) is 0 Å². The molecule has 1 saturated carbocycles. The Kier molecular flexibility index (Phi) is 5.17. The molecule has 2 amide bonds. The average molecular weight is 490 g/mol. The fraction of sp³-hybridized carbons (Fsp3) is 0.303. The summed E-state index contributed by atoms with van der Waals surface area (Å²) in [7, 11) is 0. The number of benzene rings is 3. The van der Waals surface area contributed by atoms with Crippen molar-refractivity contribution in [3.63, 3.8) is 0 Å². The van der Waals surface area contributed by atoms with Crippen LogP contribution in [0.25, 0.3) is 11.1 Å². The van der Waals surface area contributed by atoms with Crippen LogP contribution in [0.3, 0.4) is 0 Å². The molecular formula is C33H31NO3. The number of fused-ring (bicyclic) bond motifs is 5. The highest BCUT2D eigenvalue weighted by atomic mass is 16.2. The van der Waals surface area contributed by atoms with Crippen molar-refractivity contribution in [3.05, 3.63) is 101 Å². The third-order valence-electron chi connectivity index (χ3n) is 8.91. The van der Waals surface area contributed by atoms with E-state index >= 15 is 0 Å². The minimum Gasteiger partial charge on any atom is -0.298 e. The number of carbonyl (C=O) groups is 3. The summed E-state index contributed by atoms with van der Waals surface area (Å²) in [5.74, 6) is -1.90. The summed E-state index contributed by atoms with van der Waals surface area (Å²) < 4.78 is 0. The molecule has 37 heavy (non-hydrogen) atoms. The molecule has 2 aliphatic carbocycles. The Morgan fingerprint density at radius 2 is 1.32 bits per heavy atom. The second kappa shape index (κ2) is 8.11. The van der Waals surface area contributed by atoms with Gasteiger partial charge in [-0.2, -0.15) is 0 Å². The highest BCUT2D eigenvalue weighted by Gasteiger charge is 2.80. The van der Waals surface area contributed by atoms with Gasteiger partial charge in [0.2, 0.25) is 11.8 Å². The molecule has 2 fully saturated rings. The first-order chi connectivity index (χ1) is 17.8. The topological polar surface area (TPSA) is 54.5 Å². The number of hydrogen-bond acceptors (Lipinski definition) is 3. The van der Waals surface area contributed by atoms with Gasteiger partial charge >= 0.3 is 0 Å². The fourth-order valence-corrected chi connectivity index (χ4v) is 7.65. The van der Waals surface area contributed by atoms with Crippen LogP contribution >= 0.6 is 0 Å². The van der Waals surface area contributed by atoms with Crippen molar-refractivity contribution < 1.29 is 14.4 Å². The Labute approximate surface area is 218 Å². The van der Waals surface area contributed by atoms with E-state index in [1.54, 1.807) is 0 Å². The molecule has 0 spiro atoms. The van der Waals surface area contributed by atoms with Crippen LogP contribution in [0.1, 0.15) is 48.9 Å². The number of allylic oxidation sites excluding steroid dienone is 2. The van der Waals surface area contributed by atoms with E-state index in [0.29, 0.717) is 12.1 Å². The Morgan fingerprint density at radius 1 is 0.757 bits per heavy atom. The lowest BCUT2D eigenvalue weighted by molar-refractivity contribution is -0.134. The fourth-order valence-electron chi connectivity index (χ4n) is 7.65. The Balaban J connectivity index is 1.66. The van der Waals surface area contributed by atoms with Crippen molar-refractivity contribution in [2.45, 2.75) is 40.5 Å². The molecule has 3 aromatic rings. The number of nitrogens with zero attached hydrogens (tertiary/aromatic N) is 1. The van der Waals surface area contributed by atoms with Gasteiger partial charge in [-0.1, -0.05) is 91.7 Å². The molecule has 4 heteroatoms. The Hall–Kier alpha value is -3.79. The molecule has 0 aromatic heterocycles. The second-order valence-corrected chi connectivity index (χ2v) is 11.0. The smallest absolute Gasteiger partial charge is 0.239 e. The normalized spacial score (nSPS) is 28.4. The molecular weight excluding hydrogens is 458 g/mol. The molecule has 2 bridgehead atoms. The summed E-state index contributed by atoms with van der Waals surface area (Å²) in [6.07, 6.45) is 1.26. The summed E-state index contributed by atoms with van der Waals surface area (Å²) in [5, 5.41) is 0. The van der Waals surface area contributed by atoms with E-state index in [2.05, 4.69) is 6.92 Å². The van der Waals surface area contributed by atoms with Gasteiger partial charge in [-0.3, -0.25) is 14.4 Å². The second-order valence-electron chi connectivity index (χ2n) is 11.0. The van der Waals surface area contributed by atoms with Crippen LogP contribution in [0.4, 0.5) is 5.69 Å². The van der Waals surface area contributed by atoms with E-state index in [0.717, 1.165) is 39.8 Å². The van der Waals surface area contributed by atoms with E-state index in [4.69, 9.17) is 0 Å². The molecule has 0 unspecified atom stereocenters. The van der Waals surface area contributed by atoms with Gasteiger partial charge in [0.05, 0.1) is 28.4 Å². The monoisotopic (exact) mass is 489 g/mol. The molecule has 186 valence electrons. The standard InChI is InChI=1S/C33H31NO3/c1-5-18-33-26(23-14-10-7-11-15-23)25(22-12-8-6-9-13-22)32(4,31(33)37)27-28(33)30(36)34(29(27)35)24-17-16-20(2)19-21(24)3/h6-17,19,27-28H,5,18H2,1-4H3/t27-,28-,32+,33-/m1/s1. The van der Waals surface area contributed by atoms with Crippen LogP contribution in [0.2, 0.25) is 0 Å². The third kappa shape index (κ3) is 2.87. The molecule has 6 rings (SSSR count). The van der Waals surface area contributed by atoms with Crippen LogP contribution in [0.5, 0.6) is 0 Å². The van der Waals surface area contributed by atoms with Gasteiger partial charge in [0.1, 0.15) is 0 Å². The lowest BCUT2D eigenvalue weighted by Crippen LogP contribution is -2.41. The average Bonchev–Trinajstić information content (AvgIpc) is 3.35. The first-order valence-corrected chi connectivity index (χ1v) is 13.1. The summed E-state index contributed by atoms with van der Waals surface area (Å²) in [5.41, 5.74) is 4.18. The number of rotatable bonds is 5. The van der Waals surface area contributed by atoms with Gasteiger partial charge in [-0.25, -0.2) is 4.90 Å². The van der Waals surface area contributed by atoms with Gasteiger partial charge in [0.25, 0.3) is 0 Å². The first-order valence-electron chi connectivity index (χ1n) is 13.1. The third-order valence-corrected chi connectivity index (χ3v) is 8.91. The SMILES string of the molecule is CCC[C@@]12C(=O)[C@@](C)(C(c3ccccc3)=C1c1ccccc1)[C@H]1C(=O)N(c3ccc(C)cc3C)C(=O)[C@@H]12. The zero-order valence-electron chi connectivity index (χ0n) is 21.7. The largest absolute Gasteiger partial charge is 0.298 e. The van der Waals surface area contributed by atoms with E-state index < -0.39 is 22.7 Å². The molecule has 3 aromatic carbocycles. The van der Waals surface area contributed by atoms with Crippen LogP contribution in [0.15, 0.2) is 78.9 Å². The van der Waals surface area contributed by atoms with Crippen LogP contribution in [-0.2, 0) is 14.4 Å². The maximum Gasteiger partial charge on any atom is 0.239 e. The van der Waals surface area contributed by atoms with E-state index in [9.17, 15) is 14.4 Å². The number of hydrogen-bond donors (Lipinski definition) is 0. The molecule has 4 atom stereocenters. The van der Waals surface area contributed by atoms with Crippen molar-refractivity contribution in [2.24, 2.45) is 22.7 Å². The first kappa shape index (κ1) is 23.6. The van der Waals surface area contributed by atoms with Crippen LogP contribution in [0, 0.1) is 36.5 Å². The zero-order chi connectivity index (χ0) is 26.1. The minimum atomic E-state index is -1.09. The minimum absolute atomic E-state index is 0.0246. The van der Waals surface area contributed by atoms with E-state index in [-0.39, 0.29) is 17.6 Å². The molecule has 1 aliphatic heterocycles. The number of aryl methyl sites for hydroxylation is 2. The maximum atomic E-state index is 14.7. The van der Waals surface area contributed by atoms with Crippen molar-refractivity contribution in [3.8, 4) is 0 Å². The molecule has 4 nitrogen and oxygen atoms in total. The number of Topliss-reactive ketones (excluding diaryl/α,β-unsaturated/α-hetero) is 1. The number of imide groups is 1. The quantitative estimate of drug-likeness (QED) is 0.389. The molecule has 1 heterocycles. The zero-order valence-corrected chi connectivity index (χ0v) is 21.7. The summed E-state index contributed by atoms with van der Waals surface area (Å²) in [6.45, 7) is 7.90. The number of carbonyl (C=O) groups excluding carboxylic acids is 3. The van der Waals surface area contributed by atoms with Gasteiger partial charge in [0, 0.05) is 0 Å². The Morgan fingerprint density at radius 3 is 1.89 bits per heavy atom. The highest BCUT2D eigenvalue weighted by Crippen LogP contribution is 2.75. The highest BCUT2D eigenvalue weighted by molar-refractivity contribution is 6.34. The molecule has 1 saturated heterocycles. The predicted molar refractivity (Wildman–Crippen MR) is 146 cm³/mol. The van der Waals surface area contributed by atoms with Crippen molar-refractivity contribution in [2.75, 3.05) is 4.90 Å². The van der Waals surface area contributed by atoms with Crippen LogP contribution in [-0.4, -0.2) is 17.6 Å². The van der Waals surface area contributed by atoms with Gasteiger partial charge in [0.15, 0.2) is 5.78 Å². The van der Waals surface area contributed by atoms with Gasteiger partial charge in [-0.05, 0) is 61.1 Å². The van der Waals surface area contributed by atoms with E-state index in [1.165, 1.54) is 4.90 Å². The van der Waals surface area contributed by atoms with Gasteiger partial charge < -0.3 is 0 Å². The predicted octanol–water partition coefficient (Wildman–Crippen LogP) is 6.41. The lowest BCUT2D eigenvalue weighted by atomic mass is 9.61.